The molecule has 4 amide bonds. The van der Waals surface area contributed by atoms with E-state index in [0.717, 1.165) is 5.69 Å². The number of fused-ring (bicyclic) bond motifs is 1. The Morgan fingerprint density at radius 1 is 1.26 bits per heavy atom. The fourth-order valence-electron chi connectivity index (χ4n) is 3.47. The van der Waals surface area contributed by atoms with E-state index in [1.165, 1.54) is 4.90 Å². The summed E-state index contributed by atoms with van der Waals surface area (Å²) in [5.41, 5.74) is 0.764. The first-order valence-corrected chi connectivity index (χ1v) is 8.08. The van der Waals surface area contributed by atoms with Crippen molar-refractivity contribution in [3.8, 4) is 0 Å². The summed E-state index contributed by atoms with van der Waals surface area (Å²) in [5, 5.41) is 5.79. The first kappa shape index (κ1) is 15.5. The van der Waals surface area contributed by atoms with Crippen LogP contribution in [0.25, 0.3) is 0 Å². The van der Waals surface area contributed by atoms with Crippen LogP contribution in [0.5, 0.6) is 0 Å². The first-order chi connectivity index (χ1) is 11.1. The van der Waals surface area contributed by atoms with Crippen molar-refractivity contribution in [3.05, 3.63) is 30.3 Å². The number of hydrogen-bond donors (Lipinski definition) is 2. The molecule has 6 nitrogen and oxygen atoms in total. The van der Waals surface area contributed by atoms with Crippen LogP contribution >= 0.6 is 0 Å². The minimum Gasteiger partial charge on any atom is -0.334 e. The highest BCUT2D eigenvalue weighted by Crippen LogP contribution is 2.33. The molecule has 1 heterocycles. The van der Waals surface area contributed by atoms with Crippen molar-refractivity contribution in [3.63, 3.8) is 0 Å². The van der Waals surface area contributed by atoms with Crippen LogP contribution in [0.3, 0.4) is 0 Å². The van der Waals surface area contributed by atoms with Crippen molar-refractivity contribution in [2.45, 2.75) is 32.2 Å². The van der Waals surface area contributed by atoms with Crippen LogP contribution in [-0.2, 0) is 9.59 Å². The van der Waals surface area contributed by atoms with Gasteiger partial charge in [0.25, 0.3) is 0 Å². The second-order valence-electron chi connectivity index (χ2n) is 6.11. The molecule has 3 unspecified atom stereocenters. The van der Waals surface area contributed by atoms with Crippen LogP contribution in [0.1, 0.15) is 26.2 Å². The summed E-state index contributed by atoms with van der Waals surface area (Å²) in [5.74, 6) is -0.538. The summed E-state index contributed by atoms with van der Waals surface area (Å²) in [6, 6.07) is 8.73. The molecule has 122 valence electrons. The first-order valence-electron chi connectivity index (χ1n) is 8.08. The molecule has 1 aliphatic carbocycles. The van der Waals surface area contributed by atoms with Crippen LogP contribution in [0, 0.1) is 11.8 Å². The van der Waals surface area contributed by atoms with Gasteiger partial charge in [-0.25, -0.2) is 4.79 Å². The number of hydrogen-bond acceptors (Lipinski definition) is 3. The number of imide groups is 1. The maximum absolute atomic E-state index is 12.4. The maximum atomic E-state index is 12.4. The number of urea groups is 1. The quantitative estimate of drug-likeness (QED) is 0.895. The normalized spacial score (nSPS) is 27.2. The zero-order valence-corrected chi connectivity index (χ0v) is 13.1. The van der Waals surface area contributed by atoms with Gasteiger partial charge in [-0.2, -0.15) is 0 Å². The average molecular weight is 315 g/mol. The third-order valence-electron chi connectivity index (χ3n) is 4.72. The van der Waals surface area contributed by atoms with Gasteiger partial charge in [-0.1, -0.05) is 18.2 Å². The molecule has 0 bridgehead atoms. The fraction of sp³-hybridized carbons (Fsp3) is 0.471. The van der Waals surface area contributed by atoms with E-state index in [0.29, 0.717) is 25.8 Å². The molecule has 0 aromatic heterocycles. The van der Waals surface area contributed by atoms with E-state index in [4.69, 9.17) is 0 Å². The Kier molecular flexibility index (Phi) is 4.32. The Labute approximate surface area is 135 Å². The standard InChI is InChI=1S/C17H21N3O3/c1-2-20-16(22)13-9-8-11(10-14(13)19-17(20)23)15(21)18-12-6-4-3-5-7-12/h3-7,11,13-14H,2,8-10H2,1H3,(H,18,21)(H,19,23). The lowest BCUT2D eigenvalue weighted by Crippen LogP contribution is -2.61. The van der Waals surface area contributed by atoms with Crippen LogP contribution in [0.2, 0.25) is 0 Å². The molecule has 2 aliphatic rings. The molecule has 3 rings (SSSR count). The van der Waals surface area contributed by atoms with Gasteiger partial charge in [-0.05, 0) is 38.3 Å². The Hall–Kier alpha value is -2.37. The zero-order valence-electron chi connectivity index (χ0n) is 13.1. The third kappa shape index (κ3) is 3.06. The summed E-state index contributed by atoms with van der Waals surface area (Å²) in [6.07, 6.45) is 1.81. The van der Waals surface area contributed by atoms with Crippen molar-refractivity contribution in [2.75, 3.05) is 11.9 Å². The van der Waals surface area contributed by atoms with E-state index < -0.39 is 0 Å². The van der Waals surface area contributed by atoms with Gasteiger partial charge in [0.2, 0.25) is 11.8 Å². The molecule has 1 aromatic carbocycles. The highest BCUT2D eigenvalue weighted by molar-refractivity contribution is 5.99. The Balaban J connectivity index is 1.65. The molecule has 1 aliphatic heterocycles. The van der Waals surface area contributed by atoms with Crippen LogP contribution in [0.4, 0.5) is 10.5 Å². The largest absolute Gasteiger partial charge is 0.334 e. The predicted octanol–water partition coefficient (Wildman–Crippen LogP) is 1.98. The highest BCUT2D eigenvalue weighted by Gasteiger charge is 2.44. The molecule has 0 radical (unpaired) electrons. The van der Waals surface area contributed by atoms with E-state index in [1.807, 2.05) is 30.3 Å². The molecular weight excluding hydrogens is 294 g/mol. The van der Waals surface area contributed by atoms with Gasteiger partial charge in [-0.15, -0.1) is 0 Å². The van der Waals surface area contributed by atoms with E-state index in [2.05, 4.69) is 10.6 Å². The molecule has 6 heteroatoms. The molecule has 3 atom stereocenters. The SMILES string of the molecule is CCN1C(=O)NC2CC(C(=O)Nc3ccccc3)CCC2C1=O. The number of anilines is 1. The number of para-hydroxylation sites is 1. The lowest BCUT2D eigenvalue weighted by molar-refractivity contribution is -0.138. The number of carbonyl (C=O) groups excluding carboxylic acids is 3. The van der Waals surface area contributed by atoms with Crippen molar-refractivity contribution < 1.29 is 14.4 Å². The van der Waals surface area contributed by atoms with Crippen LogP contribution in [-0.4, -0.2) is 35.3 Å². The summed E-state index contributed by atoms with van der Waals surface area (Å²) in [4.78, 5) is 37.9. The van der Waals surface area contributed by atoms with Gasteiger partial charge in [0, 0.05) is 24.2 Å². The van der Waals surface area contributed by atoms with E-state index in [-0.39, 0.29) is 35.7 Å². The zero-order chi connectivity index (χ0) is 16.4. The molecule has 1 saturated carbocycles. The topological polar surface area (TPSA) is 78.5 Å². The summed E-state index contributed by atoms with van der Waals surface area (Å²) in [6.45, 7) is 2.17. The molecule has 1 aromatic rings. The maximum Gasteiger partial charge on any atom is 0.324 e. The van der Waals surface area contributed by atoms with Gasteiger partial charge in [0.15, 0.2) is 0 Å². The number of carbonyl (C=O) groups is 3. The number of rotatable bonds is 3. The van der Waals surface area contributed by atoms with E-state index in [9.17, 15) is 14.4 Å². The molecule has 0 spiro atoms. The van der Waals surface area contributed by atoms with Gasteiger partial charge >= 0.3 is 6.03 Å². The minimum atomic E-state index is -0.345. The summed E-state index contributed by atoms with van der Waals surface area (Å²) >= 11 is 0. The Morgan fingerprint density at radius 3 is 2.70 bits per heavy atom. The second kappa shape index (κ2) is 6.40. The second-order valence-corrected chi connectivity index (χ2v) is 6.11. The Morgan fingerprint density at radius 2 is 2.00 bits per heavy atom. The van der Waals surface area contributed by atoms with Crippen molar-refractivity contribution in [2.24, 2.45) is 11.8 Å². The van der Waals surface area contributed by atoms with Crippen LogP contribution in [0.15, 0.2) is 30.3 Å². The minimum absolute atomic E-state index is 0.0470. The van der Waals surface area contributed by atoms with Crippen molar-refractivity contribution >= 4 is 23.5 Å². The highest BCUT2D eigenvalue weighted by atomic mass is 16.2. The molecule has 2 fully saturated rings. The molecule has 2 N–H and O–H groups in total. The fourth-order valence-corrected chi connectivity index (χ4v) is 3.47. The third-order valence-corrected chi connectivity index (χ3v) is 4.72. The van der Waals surface area contributed by atoms with Gasteiger partial charge in [-0.3, -0.25) is 14.5 Å². The van der Waals surface area contributed by atoms with Crippen molar-refractivity contribution in [1.82, 2.24) is 10.2 Å². The Bertz CT molecular complexity index is 617. The number of nitrogens with one attached hydrogen (secondary N) is 2. The average Bonchev–Trinajstić information content (AvgIpc) is 2.55. The lowest BCUT2D eigenvalue weighted by atomic mass is 9.76. The molecule has 23 heavy (non-hydrogen) atoms. The van der Waals surface area contributed by atoms with Gasteiger partial charge in [0.1, 0.15) is 0 Å². The van der Waals surface area contributed by atoms with Crippen molar-refractivity contribution in [1.29, 1.82) is 0 Å². The molecule has 1 saturated heterocycles. The van der Waals surface area contributed by atoms with E-state index in [1.54, 1.807) is 6.92 Å². The monoisotopic (exact) mass is 315 g/mol. The van der Waals surface area contributed by atoms with E-state index >= 15 is 0 Å². The molecular formula is C17H21N3O3. The predicted molar refractivity (Wildman–Crippen MR) is 85.6 cm³/mol. The lowest BCUT2D eigenvalue weighted by Gasteiger charge is -2.41. The summed E-state index contributed by atoms with van der Waals surface area (Å²) < 4.78 is 0. The van der Waals surface area contributed by atoms with Gasteiger partial charge < -0.3 is 10.6 Å². The van der Waals surface area contributed by atoms with Gasteiger partial charge in [0.05, 0.1) is 5.92 Å². The number of nitrogens with zero attached hydrogens (tertiary/aromatic N) is 1. The smallest absolute Gasteiger partial charge is 0.324 e. The number of benzene rings is 1. The summed E-state index contributed by atoms with van der Waals surface area (Å²) in [7, 11) is 0. The number of amides is 4. The van der Waals surface area contributed by atoms with Crippen LogP contribution < -0.4 is 10.6 Å².